The van der Waals surface area contributed by atoms with E-state index in [-0.39, 0.29) is 12.1 Å². The molecular formula is C18H24N4OS. The molecule has 0 spiro atoms. The Morgan fingerprint density at radius 3 is 2.50 bits per heavy atom. The van der Waals surface area contributed by atoms with E-state index in [2.05, 4.69) is 33.5 Å². The van der Waals surface area contributed by atoms with Crippen molar-refractivity contribution in [3.05, 3.63) is 42.2 Å². The Labute approximate surface area is 147 Å². The van der Waals surface area contributed by atoms with Crippen LogP contribution in [0, 0.1) is 6.92 Å². The molecule has 1 heterocycles. The van der Waals surface area contributed by atoms with Gasteiger partial charge in [0.1, 0.15) is 0 Å². The van der Waals surface area contributed by atoms with Gasteiger partial charge in [-0.2, -0.15) is 5.10 Å². The average Bonchev–Trinajstić information content (AvgIpc) is 3.02. The number of nitrogens with zero attached hydrogens (tertiary/aromatic N) is 2. The van der Waals surface area contributed by atoms with E-state index in [9.17, 15) is 4.79 Å². The number of urea groups is 1. The number of hydrogen-bond acceptors (Lipinski definition) is 3. The molecule has 0 unspecified atom stereocenters. The summed E-state index contributed by atoms with van der Waals surface area (Å²) < 4.78 is 2.07. The van der Waals surface area contributed by atoms with E-state index in [1.54, 1.807) is 11.8 Å². The number of nitrogens with one attached hydrogen (secondary N) is 2. The third-order valence-corrected chi connectivity index (χ3v) is 5.23. The van der Waals surface area contributed by atoms with Gasteiger partial charge in [0, 0.05) is 22.8 Å². The van der Waals surface area contributed by atoms with E-state index in [0.717, 1.165) is 31.4 Å². The highest BCUT2D eigenvalue weighted by Gasteiger charge is 2.23. The fraction of sp³-hybridized carbons (Fsp3) is 0.444. The average molecular weight is 344 g/mol. The first-order valence-electron chi connectivity index (χ1n) is 8.36. The quantitative estimate of drug-likeness (QED) is 0.817. The van der Waals surface area contributed by atoms with Crippen LogP contribution in [0.3, 0.4) is 0 Å². The van der Waals surface area contributed by atoms with Crippen LogP contribution < -0.4 is 10.6 Å². The van der Waals surface area contributed by atoms with E-state index < -0.39 is 0 Å². The standard InChI is InChI=1S/C18H24N4OS/c1-13-11-19-22(12-13)16-7-3-14(4-8-16)20-18(23)21-15-5-9-17(24-2)10-6-15/h5-6,9-12,14,16H,3-4,7-8H2,1-2H3,(H2,20,21,23). The number of anilines is 1. The summed E-state index contributed by atoms with van der Waals surface area (Å²) in [7, 11) is 0. The lowest BCUT2D eigenvalue weighted by Gasteiger charge is -2.29. The number of carbonyl (C=O) groups is 1. The second kappa shape index (κ2) is 7.75. The Hall–Kier alpha value is -1.95. The molecule has 1 saturated carbocycles. The summed E-state index contributed by atoms with van der Waals surface area (Å²) in [5, 5.41) is 10.4. The molecule has 2 N–H and O–H groups in total. The van der Waals surface area contributed by atoms with E-state index in [0.29, 0.717) is 6.04 Å². The van der Waals surface area contributed by atoms with E-state index in [4.69, 9.17) is 0 Å². The molecule has 1 aromatic carbocycles. The van der Waals surface area contributed by atoms with Gasteiger partial charge in [-0.25, -0.2) is 4.79 Å². The molecule has 0 bridgehead atoms. The van der Waals surface area contributed by atoms with Gasteiger partial charge in [0.25, 0.3) is 0 Å². The highest BCUT2D eigenvalue weighted by atomic mass is 32.2. The Kier molecular flexibility index (Phi) is 5.45. The highest BCUT2D eigenvalue weighted by Crippen LogP contribution is 2.28. The van der Waals surface area contributed by atoms with Crippen molar-refractivity contribution >= 4 is 23.5 Å². The largest absolute Gasteiger partial charge is 0.335 e. The summed E-state index contributed by atoms with van der Waals surface area (Å²) in [6.07, 6.45) is 10.1. The minimum Gasteiger partial charge on any atom is -0.335 e. The summed E-state index contributed by atoms with van der Waals surface area (Å²) in [4.78, 5) is 13.3. The second-order valence-corrected chi connectivity index (χ2v) is 7.21. The Morgan fingerprint density at radius 1 is 1.21 bits per heavy atom. The fourth-order valence-corrected chi connectivity index (χ4v) is 3.55. The normalized spacial score (nSPS) is 20.6. The van der Waals surface area contributed by atoms with Gasteiger partial charge in [-0.1, -0.05) is 0 Å². The van der Waals surface area contributed by atoms with Crippen LogP contribution in [0.15, 0.2) is 41.6 Å². The first-order valence-corrected chi connectivity index (χ1v) is 9.59. The lowest BCUT2D eigenvalue weighted by molar-refractivity contribution is 0.236. The molecule has 1 aliphatic carbocycles. The van der Waals surface area contributed by atoms with Crippen molar-refractivity contribution < 1.29 is 4.79 Å². The van der Waals surface area contributed by atoms with Crippen LogP contribution in [0.2, 0.25) is 0 Å². The van der Waals surface area contributed by atoms with Gasteiger partial charge in [-0.3, -0.25) is 4.68 Å². The van der Waals surface area contributed by atoms with Crippen LogP contribution in [0.5, 0.6) is 0 Å². The van der Waals surface area contributed by atoms with Gasteiger partial charge in [0.2, 0.25) is 0 Å². The highest BCUT2D eigenvalue weighted by molar-refractivity contribution is 7.98. The molecule has 1 fully saturated rings. The molecule has 2 amide bonds. The molecule has 1 aromatic heterocycles. The van der Waals surface area contributed by atoms with E-state index in [1.165, 1.54) is 10.5 Å². The zero-order valence-corrected chi connectivity index (χ0v) is 15.0. The third kappa shape index (κ3) is 4.32. The maximum atomic E-state index is 12.1. The number of carbonyl (C=O) groups excluding carboxylic acids is 1. The third-order valence-electron chi connectivity index (χ3n) is 4.48. The number of aromatic nitrogens is 2. The SMILES string of the molecule is CSc1ccc(NC(=O)NC2CCC(n3cc(C)cn3)CC2)cc1. The first-order chi connectivity index (χ1) is 11.6. The molecular weight excluding hydrogens is 320 g/mol. The predicted octanol–water partition coefficient (Wildman–Crippen LogP) is 4.22. The number of thioether (sulfide) groups is 1. The van der Waals surface area contributed by atoms with Crippen LogP contribution in [0.25, 0.3) is 0 Å². The van der Waals surface area contributed by atoms with Crippen LogP contribution in [0.4, 0.5) is 10.5 Å². The van der Waals surface area contributed by atoms with Crippen molar-refractivity contribution in [2.75, 3.05) is 11.6 Å². The van der Waals surface area contributed by atoms with Gasteiger partial charge < -0.3 is 10.6 Å². The predicted molar refractivity (Wildman–Crippen MR) is 98.6 cm³/mol. The Balaban J connectivity index is 1.45. The lowest BCUT2D eigenvalue weighted by atomic mass is 9.91. The van der Waals surface area contributed by atoms with Crippen LogP contribution in [-0.2, 0) is 0 Å². The number of benzene rings is 1. The molecule has 0 atom stereocenters. The zero-order valence-electron chi connectivity index (χ0n) is 14.2. The zero-order chi connectivity index (χ0) is 16.9. The van der Waals surface area contributed by atoms with Gasteiger partial charge in [-0.05, 0) is 68.7 Å². The van der Waals surface area contributed by atoms with E-state index >= 15 is 0 Å². The number of rotatable bonds is 4. The van der Waals surface area contributed by atoms with Crippen LogP contribution in [0.1, 0.15) is 37.3 Å². The summed E-state index contributed by atoms with van der Waals surface area (Å²) in [6, 6.07) is 8.47. The molecule has 2 aromatic rings. The summed E-state index contributed by atoms with van der Waals surface area (Å²) in [6.45, 7) is 2.06. The second-order valence-electron chi connectivity index (χ2n) is 6.33. The number of hydrogen-bond donors (Lipinski definition) is 2. The first kappa shape index (κ1) is 16.9. The molecule has 0 aliphatic heterocycles. The van der Waals surface area contributed by atoms with Crippen molar-refractivity contribution in [2.45, 2.75) is 49.6 Å². The molecule has 5 nitrogen and oxygen atoms in total. The molecule has 3 rings (SSSR count). The van der Waals surface area contributed by atoms with Gasteiger partial charge in [0.05, 0.1) is 12.2 Å². The topological polar surface area (TPSA) is 59.0 Å². The molecule has 24 heavy (non-hydrogen) atoms. The van der Waals surface area contributed by atoms with Gasteiger partial charge in [0.15, 0.2) is 0 Å². The van der Waals surface area contributed by atoms with Crippen molar-refractivity contribution in [3.63, 3.8) is 0 Å². The Bertz CT molecular complexity index is 675. The van der Waals surface area contributed by atoms with Gasteiger partial charge in [-0.15, -0.1) is 11.8 Å². The maximum Gasteiger partial charge on any atom is 0.319 e. The molecule has 128 valence electrons. The lowest BCUT2D eigenvalue weighted by Crippen LogP contribution is -2.40. The monoisotopic (exact) mass is 344 g/mol. The van der Waals surface area contributed by atoms with Crippen LogP contribution >= 0.6 is 11.8 Å². The molecule has 0 saturated heterocycles. The van der Waals surface area contributed by atoms with Crippen LogP contribution in [-0.4, -0.2) is 28.1 Å². The molecule has 6 heteroatoms. The van der Waals surface area contributed by atoms with E-state index in [1.807, 2.05) is 36.7 Å². The summed E-state index contributed by atoms with van der Waals surface area (Å²) >= 11 is 1.69. The van der Waals surface area contributed by atoms with Gasteiger partial charge >= 0.3 is 6.03 Å². The fourth-order valence-electron chi connectivity index (χ4n) is 3.14. The molecule has 1 aliphatic rings. The summed E-state index contributed by atoms with van der Waals surface area (Å²) in [5.74, 6) is 0. The minimum atomic E-state index is -0.120. The van der Waals surface area contributed by atoms with Crippen molar-refractivity contribution in [3.8, 4) is 0 Å². The van der Waals surface area contributed by atoms with Crippen molar-refractivity contribution in [1.82, 2.24) is 15.1 Å². The van der Waals surface area contributed by atoms with Crippen molar-refractivity contribution in [1.29, 1.82) is 0 Å². The Morgan fingerprint density at radius 2 is 1.92 bits per heavy atom. The smallest absolute Gasteiger partial charge is 0.319 e. The summed E-state index contributed by atoms with van der Waals surface area (Å²) in [5.41, 5.74) is 2.02. The number of aryl methyl sites for hydroxylation is 1. The maximum absolute atomic E-state index is 12.1. The minimum absolute atomic E-state index is 0.120. The number of amides is 2. The van der Waals surface area contributed by atoms with Crippen molar-refractivity contribution in [2.24, 2.45) is 0 Å². The molecule has 0 radical (unpaired) electrons.